The minimum atomic E-state index is -1.10. The summed E-state index contributed by atoms with van der Waals surface area (Å²) in [6.45, 7) is 0.158. The van der Waals surface area contributed by atoms with Crippen LogP contribution >= 0.6 is 0 Å². The zero-order chi connectivity index (χ0) is 17.5. The standard InChI is InChI=1S/C17H22N2O5/c20-16(15(17(21)22)10-12-4-2-1-3-5-12)18-11-13-6-8-14(9-7-13)19(23)24/h6-9,12,15H,1-5,10-11H2,(H,18,20)(H,21,22). The molecule has 7 heteroatoms. The van der Waals surface area contributed by atoms with Gasteiger partial charge in [-0.1, -0.05) is 44.2 Å². The van der Waals surface area contributed by atoms with E-state index in [-0.39, 0.29) is 12.2 Å². The molecule has 1 atom stereocenters. The SMILES string of the molecule is O=C(O)C(CC1CCCCC1)C(=O)NCc1ccc([N+](=O)[O-])cc1. The van der Waals surface area contributed by atoms with E-state index in [1.54, 1.807) is 12.1 Å². The lowest BCUT2D eigenvalue weighted by atomic mass is 9.82. The van der Waals surface area contributed by atoms with Crippen LogP contribution in [0.1, 0.15) is 44.1 Å². The molecule has 0 saturated heterocycles. The van der Waals surface area contributed by atoms with E-state index in [1.807, 2.05) is 0 Å². The first-order chi connectivity index (χ1) is 11.5. The monoisotopic (exact) mass is 334 g/mol. The number of nitro groups is 1. The number of rotatable bonds is 7. The van der Waals surface area contributed by atoms with Crippen LogP contribution in [-0.2, 0) is 16.1 Å². The maximum Gasteiger partial charge on any atom is 0.316 e. The normalized spacial score (nSPS) is 16.3. The molecule has 24 heavy (non-hydrogen) atoms. The van der Waals surface area contributed by atoms with Gasteiger partial charge in [0.15, 0.2) is 0 Å². The Bertz CT molecular complexity index is 594. The molecule has 0 bridgehead atoms. The average molecular weight is 334 g/mol. The highest BCUT2D eigenvalue weighted by molar-refractivity contribution is 5.96. The number of carbonyl (C=O) groups excluding carboxylic acids is 1. The number of carboxylic acids is 1. The minimum absolute atomic E-state index is 0.0224. The first kappa shape index (κ1) is 17.9. The number of carbonyl (C=O) groups is 2. The van der Waals surface area contributed by atoms with Gasteiger partial charge in [0.05, 0.1) is 4.92 Å². The van der Waals surface area contributed by atoms with Crippen molar-refractivity contribution in [2.24, 2.45) is 11.8 Å². The van der Waals surface area contributed by atoms with Gasteiger partial charge in [-0.05, 0) is 17.9 Å². The fraction of sp³-hybridized carbons (Fsp3) is 0.529. The van der Waals surface area contributed by atoms with Crippen molar-refractivity contribution >= 4 is 17.6 Å². The van der Waals surface area contributed by atoms with Gasteiger partial charge < -0.3 is 10.4 Å². The van der Waals surface area contributed by atoms with Crippen LogP contribution in [0.15, 0.2) is 24.3 Å². The number of hydrogen-bond acceptors (Lipinski definition) is 4. The third-order valence-electron chi connectivity index (χ3n) is 4.52. The summed E-state index contributed by atoms with van der Waals surface area (Å²) >= 11 is 0. The molecule has 0 heterocycles. The van der Waals surface area contributed by atoms with Gasteiger partial charge in [-0.2, -0.15) is 0 Å². The number of benzene rings is 1. The van der Waals surface area contributed by atoms with E-state index >= 15 is 0 Å². The molecular formula is C17H22N2O5. The molecule has 130 valence electrons. The Morgan fingerprint density at radius 1 is 1.21 bits per heavy atom. The second-order valence-corrected chi connectivity index (χ2v) is 6.27. The van der Waals surface area contributed by atoms with Gasteiger partial charge in [-0.3, -0.25) is 19.7 Å². The molecule has 2 N–H and O–H groups in total. The molecule has 1 aliphatic carbocycles. The maximum absolute atomic E-state index is 12.2. The quantitative estimate of drug-likeness (QED) is 0.452. The predicted octanol–water partition coefficient (Wildman–Crippen LogP) is 2.88. The smallest absolute Gasteiger partial charge is 0.316 e. The van der Waals surface area contributed by atoms with E-state index in [4.69, 9.17) is 0 Å². The second kappa shape index (κ2) is 8.42. The van der Waals surface area contributed by atoms with Crippen LogP contribution in [0, 0.1) is 22.0 Å². The molecule has 1 unspecified atom stereocenters. The molecule has 0 radical (unpaired) electrons. The van der Waals surface area contributed by atoms with Crippen LogP contribution in [0.3, 0.4) is 0 Å². The topological polar surface area (TPSA) is 110 Å². The fourth-order valence-corrected chi connectivity index (χ4v) is 3.12. The Morgan fingerprint density at radius 2 is 1.83 bits per heavy atom. The van der Waals surface area contributed by atoms with Gasteiger partial charge in [0.25, 0.3) is 5.69 Å². The van der Waals surface area contributed by atoms with Crippen LogP contribution in [0.5, 0.6) is 0 Å². The number of non-ortho nitro benzene ring substituents is 1. The molecular weight excluding hydrogens is 312 g/mol. The third kappa shape index (κ3) is 5.04. The van der Waals surface area contributed by atoms with Gasteiger partial charge in [0, 0.05) is 18.7 Å². The van der Waals surface area contributed by atoms with E-state index in [9.17, 15) is 24.8 Å². The number of nitro benzene ring substituents is 1. The van der Waals surface area contributed by atoms with Gasteiger partial charge in [0.2, 0.25) is 5.91 Å². The Labute approximate surface area is 140 Å². The van der Waals surface area contributed by atoms with Crippen LogP contribution < -0.4 is 5.32 Å². The summed E-state index contributed by atoms with van der Waals surface area (Å²) in [6.07, 6.45) is 5.73. The molecule has 0 aliphatic heterocycles. The summed E-state index contributed by atoms with van der Waals surface area (Å²) in [6, 6.07) is 5.82. The summed E-state index contributed by atoms with van der Waals surface area (Å²) in [4.78, 5) is 33.7. The summed E-state index contributed by atoms with van der Waals surface area (Å²) in [5, 5.41) is 22.6. The fourth-order valence-electron chi connectivity index (χ4n) is 3.12. The van der Waals surface area contributed by atoms with Crippen molar-refractivity contribution in [3.8, 4) is 0 Å². The number of carboxylic acid groups (broad SMARTS) is 1. The Balaban J connectivity index is 1.90. The van der Waals surface area contributed by atoms with Crippen molar-refractivity contribution in [1.29, 1.82) is 0 Å². The molecule has 0 spiro atoms. The average Bonchev–Trinajstić information content (AvgIpc) is 2.58. The number of amides is 1. The van der Waals surface area contributed by atoms with Crippen molar-refractivity contribution in [3.63, 3.8) is 0 Å². The number of hydrogen-bond donors (Lipinski definition) is 2. The second-order valence-electron chi connectivity index (χ2n) is 6.27. The summed E-state index contributed by atoms with van der Waals surface area (Å²) in [5.41, 5.74) is 0.668. The molecule has 1 aromatic rings. The van der Waals surface area contributed by atoms with Crippen LogP contribution in [0.4, 0.5) is 5.69 Å². The molecule has 1 aliphatic rings. The Morgan fingerprint density at radius 3 is 2.38 bits per heavy atom. The first-order valence-corrected chi connectivity index (χ1v) is 8.21. The summed E-state index contributed by atoms with van der Waals surface area (Å²) in [7, 11) is 0. The zero-order valence-electron chi connectivity index (χ0n) is 13.4. The lowest BCUT2D eigenvalue weighted by Crippen LogP contribution is -2.36. The van der Waals surface area contributed by atoms with Gasteiger partial charge >= 0.3 is 5.97 Å². The third-order valence-corrected chi connectivity index (χ3v) is 4.52. The van der Waals surface area contributed by atoms with Crippen LogP contribution in [0.25, 0.3) is 0 Å². The van der Waals surface area contributed by atoms with Gasteiger partial charge in [-0.15, -0.1) is 0 Å². The number of nitrogens with one attached hydrogen (secondary N) is 1. The summed E-state index contributed by atoms with van der Waals surface area (Å²) < 4.78 is 0. The Hall–Kier alpha value is -2.44. The Kier molecular flexibility index (Phi) is 6.28. The molecule has 2 rings (SSSR count). The predicted molar refractivity (Wildman–Crippen MR) is 87.3 cm³/mol. The van der Waals surface area contributed by atoms with E-state index in [0.717, 1.165) is 25.7 Å². The van der Waals surface area contributed by atoms with Crippen molar-refractivity contribution in [1.82, 2.24) is 5.32 Å². The van der Waals surface area contributed by atoms with E-state index in [2.05, 4.69) is 5.32 Å². The maximum atomic E-state index is 12.2. The van der Waals surface area contributed by atoms with Crippen molar-refractivity contribution in [2.45, 2.75) is 45.1 Å². The lowest BCUT2D eigenvalue weighted by Gasteiger charge is -2.24. The van der Waals surface area contributed by atoms with Crippen molar-refractivity contribution < 1.29 is 19.6 Å². The van der Waals surface area contributed by atoms with Gasteiger partial charge in [0.1, 0.15) is 5.92 Å². The molecule has 1 amide bonds. The van der Waals surface area contributed by atoms with Gasteiger partial charge in [-0.25, -0.2) is 0 Å². The lowest BCUT2D eigenvalue weighted by molar-refractivity contribution is -0.384. The molecule has 7 nitrogen and oxygen atoms in total. The van der Waals surface area contributed by atoms with Crippen LogP contribution in [0.2, 0.25) is 0 Å². The highest BCUT2D eigenvalue weighted by Crippen LogP contribution is 2.29. The minimum Gasteiger partial charge on any atom is -0.481 e. The first-order valence-electron chi connectivity index (χ1n) is 8.21. The molecule has 0 aromatic heterocycles. The number of nitrogens with zero attached hydrogens (tertiary/aromatic N) is 1. The van der Waals surface area contributed by atoms with Crippen LogP contribution in [-0.4, -0.2) is 21.9 Å². The van der Waals surface area contributed by atoms with E-state index < -0.39 is 22.7 Å². The highest BCUT2D eigenvalue weighted by Gasteiger charge is 2.29. The largest absolute Gasteiger partial charge is 0.481 e. The zero-order valence-corrected chi connectivity index (χ0v) is 13.4. The molecule has 1 fully saturated rings. The van der Waals surface area contributed by atoms with Crippen molar-refractivity contribution in [2.75, 3.05) is 0 Å². The number of aliphatic carboxylic acids is 1. The molecule has 1 saturated carbocycles. The van der Waals surface area contributed by atoms with Crippen molar-refractivity contribution in [3.05, 3.63) is 39.9 Å². The molecule has 1 aromatic carbocycles. The van der Waals surface area contributed by atoms with E-state index in [1.165, 1.54) is 18.6 Å². The van der Waals surface area contributed by atoms with E-state index in [0.29, 0.717) is 17.9 Å². The highest BCUT2D eigenvalue weighted by atomic mass is 16.6. The summed E-state index contributed by atoms with van der Waals surface area (Å²) in [5.74, 6) is -2.33.